The smallest absolute Gasteiger partial charge is 0.216 e. The van der Waals surface area contributed by atoms with Gasteiger partial charge in [-0.15, -0.1) is 0 Å². The fraction of sp³-hybridized carbons (Fsp3) is 0.533. The molecule has 4 heteroatoms. The number of hydrogen-bond acceptors (Lipinski definition) is 3. The molecule has 1 aromatic rings. The number of aliphatic hydroxyl groups is 1. The molecule has 1 saturated heterocycles. The maximum Gasteiger partial charge on any atom is 0.216 e. The van der Waals surface area contributed by atoms with E-state index in [1.165, 1.54) is 5.69 Å². The van der Waals surface area contributed by atoms with Gasteiger partial charge in [0.05, 0.1) is 6.61 Å². The molecule has 0 aromatic heterocycles. The molecule has 0 saturated carbocycles. The average Bonchev–Trinajstić information content (AvgIpc) is 2.46. The van der Waals surface area contributed by atoms with E-state index in [1.807, 2.05) is 12.1 Å². The molecule has 0 radical (unpaired) electrons. The van der Waals surface area contributed by atoms with Crippen molar-refractivity contribution in [2.75, 3.05) is 24.5 Å². The highest BCUT2D eigenvalue weighted by Gasteiger charge is 2.19. The second-order valence-corrected chi connectivity index (χ2v) is 5.19. The second-order valence-electron chi connectivity index (χ2n) is 5.19. The molecule has 1 aromatic carbocycles. The zero-order chi connectivity index (χ0) is 13.7. The Morgan fingerprint density at radius 2 is 1.95 bits per heavy atom. The zero-order valence-corrected chi connectivity index (χ0v) is 11.4. The van der Waals surface area contributed by atoms with Crippen LogP contribution in [0, 0.1) is 5.92 Å². The lowest BCUT2D eigenvalue weighted by atomic mass is 9.96. The van der Waals surface area contributed by atoms with Gasteiger partial charge in [0.1, 0.15) is 0 Å². The van der Waals surface area contributed by atoms with Gasteiger partial charge in [-0.05, 0) is 36.5 Å². The van der Waals surface area contributed by atoms with Crippen LogP contribution in [0.2, 0.25) is 0 Å². The molecule has 4 nitrogen and oxygen atoms in total. The van der Waals surface area contributed by atoms with Crippen molar-refractivity contribution in [3.63, 3.8) is 0 Å². The Hall–Kier alpha value is -1.55. The molecule has 2 N–H and O–H groups in total. The van der Waals surface area contributed by atoms with Crippen molar-refractivity contribution in [2.45, 2.75) is 26.4 Å². The first-order valence-electron chi connectivity index (χ1n) is 6.88. The minimum absolute atomic E-state index is 0.0574. The van der Waals surface area contributed by atoms with Crippen LogP contribution in [0.1, 0.15) is 25.3 Å². The highest BCUT2D eigenvalue weighted by Crippen LogP contribution is 2.23. The molecule has 1 amide bonds. The number of anilines is 1. The van der Waals surface area contributed by atoms with Crippen molar-refractivity contribution in [1.82, 2.24) is 5.32 Å². The summed E-state index contributed by atoms with van der Waals surface area (Å²) >= 11 is 0. The third-order valence-corrected chi connectivity index (χ3v) is 3.74. The summed E-state index contributed by atoms with van der Waals surface area (Å²) in [5.74, 6) is 0.652. The van der Waals surface area contributed by atoms with Crippen molar-refractivity contribution in [2.24, 2.45) is 5.92 Å². The van der Waals surface area contributed by atoms with Crippen LogP contribution < -0.4 is 10.2 Å². The number of nitrogens with one attached hydrogen (secondary N) is 1. The number of aliphatic hydroxyl groups excluding tert-OH is 1. The summed E-state index contributed by atoms with van der Waals surface area (Å²) in [7, 11) is 0. The number of hydrogen-bond donors (Lipinski definition) is 2. The standard InChI is InChI=1S/C15H22N2O2/c1-12(19)16-10-13-6-8-17(9-7-13)15-4-2-14(11-18)3-5-15/h2-5,13,18H,6-11H2,1H3,(H,16,19). The number of rotatable bonds is 4. The predicted octanol–water partition coefficient (Wildman–Crippen LogP) is 1.53. The summed E-state index contributed by atoms with van der Waals surface area (Å²) < 4.78 is 0. The maximum absolute atomic E-state index is 10.9. The van der Waals surface area contributed by atoms with Crippen molar-refractivity contribution in [1.29, 1.82) is 0 Å². The largest absolute Gasteiger partial charge is 0.392 e. The van der Waals surface area contributed by atoms with Crippen molar-refractivity contribution in [3.05, 3.63) is 29.8 Å². The van der Waals surface area contributed by atoms with Gasteiger partial charge in [-0.1, -0.05) is 12.1 Å². The van der Waals surface area contributed by atoms with Crippen molar-refractivity contribution in [3.8, 4) is 0 Å². The van der Waals surface area contributed by atoms with Gasteiger partial charge in [0.25, 0.3) is 0 Å². The number of carbonyl (C=O) groups excluding carboxylic acids is 1. The average molecular weight is 262 g/mol. The SMILES string of the molecule is CC(=O)NCC1CCN(c2ccc(CO)cc2)CC1. The molecular weight excluding hydrogens is 240 g/mol. The lowest BCUT2D eigenvalue weighted by molar-refractivity contribution is -0.119. The van der Waals surface area contributed by atoms with Crippen LogP contribution in [-0.2, 0) is 11.4 Å². The van der Waals surface area contributed by atoms with Crippen LogP contribution in [0.5, 0.6) is 0 Å². The van der Waals surface area contributed by atoms with Gasteiger partial charge in [-0.25, -0.2) is 0 Å². The van der Waals surface area contributed by atoms with Crippen molar-refractivity contribution >= 4 is 11.6 Å². The predicted molar refractivity (Wildman–Crippen MR) is 76.0 cm³/mol. The first-order chi connectivity index (χ1) is 9.19. The summed E-state index contributed by atoms with van der Waals surface area (Å²) in [4.78, 5) is 13.3. The van der Waals surface area contributed by atoms with E-state index in [-0.39, 0.29) is 12.5 Å². The molecule has 0 atom stereocenters. The summed E-state index contributed by atoms with van der Waals surface area (Å²) in [6, 6.07) is 8.08. The van der Waals surface area contributed by atoms with Crippen LogP contribution >= 0.6 is 0 Å². The molecule has 0 spiro atoms. The highest BCUT2D eigenvalue weighted by molar-refractivity contribution is 5.72. The Kier molecular flexibility index (Phi) is 4.80. The van der Waals surface area contributed by atoms with Crippen LogP contribution in [0.3, 0.4) is 0 Å². The van der Waals surface area contributed by atoms with E-state index >= 15 is 0 Å². The Bertz CT molecular complexity index is 409. The number of amides is 1. The van der Waals surface area contributed by atoms with E-state index in [2.05, 4.69) is 22.3 Å². The molecule has 2 rings (SSSR count). The minimum Gasteiger partial charge on any atom is -0.392 e. The van der Waals surface area contributed by atoms with Crippen LogP contribution in [0.15, 0.2) is 24.3 Å². The first-order valence-corrected chi connectivity index (χ1v) is 6.88. The molecule has 1 heterocycles. The van der Waals surface area contributed by atoms with E-state index in [0.717, 1.165) is 38.0 Å². The van der Waals surface area contributed by atoms with E-state index in [1.54, 1.807) is 6.92 Å². The zero-order valence-electron chi connectivity index (χ0n) is 11.4. The Morgan fingerprint density at radius 1 is 1.32 bits per heavy atom. The topological polar surface area (TPSA) is 52.6 Å². The fourth-order valence-corrected chi connectivity index (χ4v) is 2.50. The summed E-state index contributed by atoms with van der Waals surface area (Å²) in [5.41, 5.74) is 2.17. The lowest BCUT2D eigenvalue weighted by Crippen LogP contribution is -2.38. The van der Waals surface area contributed by atoms with Gasteiger partial charge >= 0.3 is 0 Å². The molecule has 0 unspecified atom stereocenters. The lowest BCUT2D eigenvalue weighted by Gasteiger charge is -2.33. The third kappa shape index (κ3) is 3.96. The molecule has 0 aliphatic carbocycles. The molecule has 19 heavy (non-hydrogen) atoms. The molecule has 1 fully saturated rings. The molecular formula is C15H22N2O2. The fourth-order valence-electron chi connectivity index (χ4n) is 2.50. The number of nitrogens with zero attached hydrogens (tertiary/aromatic N) is 1. The number of carbonyl (C=O) groups is 1. The van der Waals surface area contributed by atoms with Crippen molar-refractivity contribution < 1.29 is 9.90 Å². The second kappa shape index (κ2) is 6.57. The summed E-state index contributed by atoms with van der Waals surface area (Å²) in [6.07, 6.45) is 2.23. The molecule has 104 valence electrons. The van der Waals surface area contributed by atoms with Gasteiger partial charge in [0, 0.05) is 32.2 Å². The maximum atomic E-state index is 10.9. The first kappa shape index (κ1) is 13.9. The molecule has 1 aliphatic rings. The normalized spacial score (nSPS) is 16.4. The summed E-state index contributed by atoms with van der Waals surface area (Å²) in [6.45, 7) is 4.52. The summed E-state index contributed by atoms with van der Waals surface area (Å²) in [5, 5.41) is 11.9. The minimum atomic E-state index is 0.0574. The van der Waals surface area contributed by atoms with Gasteiger partial charge in [0.2, 0.25) is 5.91 Å². The quantitative estimate of drug-likeness (QED) is 0.865. The molecule has 1 aliphatic heterocycles. The van der Waals surface area contributed by atoms with Crippen LogP contribution in [0.25, 0.3) is 0 Å². The van der Waals surface area contributed by atoms with E-state index in [9.17, 15) is 4.79 Å². The number of piperidine rings is 1. The van der Waals surface area contributed by atoms with Gasteiger partial charge in [-0.2, -0.15) is 0 Å². The Morgan fingerprint density at radius 3 is 2.47 bits per heavy atom. The van der Waals surface area contributed by atoms with Crippen LogP contribution in [0.4, 0.5) is 5.69 Å². The van der Waals surface area contributed by atoms with E-state index < -0.39 is 0 Å². The van der Waals surface area contributed by atoms with Crippen LogP contribution in [-0.4, -0.2) is 30.6 Å². The highest BCUT2D eigenvalue weighted by atomic mass is 16.3. The van der Waals surface area contributed by atoms with Gasteiger partial charge in [-0.3, -0.25) is 4.79 Å². The monoisotopic (exact) mass is 262 g/mol. The van der Waals surface area contributed by atoms with E-state index in [4.69, 9.17) is 5.11 Å². The number of benzene rings is 1. The van der Waals surface area contributed by atoms with Gasteiger partial charge < -0.3 is 15.3 Å². The van der Waals surface area contributed by atoms with Gasteiger partial charge in [0.15, 0.2) is 0 Å². The molecule has 0 bridgehead atoms. The Labute approximate surface area is 114 Å². The Balaban J connectivity index is 1.83. The van der Waals surface area contributed by atoms with E-state index in [0.29, 0.717) is 5.92 Å². The third-order valence-electron chi connectivity index (χ3n) is 3.74.